The summed E-state index contributed by atoms with van der Waals surface area (Å²) in [4.78, 5) is 21.3. The third-order valence-electron chi connectivity index (χ3n) is 4.59. The molecule has 29 heavy (non-hydrogen) atoms. The zero-order valence-corrected chi connectivity index (χ0v) is 17.2. The lowest BCUT2D eigenvalue weighted by molar-refractivity contribution is 0.0948. The third-order valence-corrected chi connectivity index (χ3v) is 4.59. The molecule has 6 heteroatoms. The first-order chi connectivity index (χ1) is 14.0. The fourth-order valence-electron chi connectivity index (χ4n) is 3.15. The van der Waals surface area contributed by atoms with Crippen LogP contribution in [-0.2, 0) is 6.42 Å². The average Bonchev–Trinajstić information content (AvgIpc) is 2.70. The lowest BCUT2D eigenvalue weighted by Gasteiger charge is -2.12. The molecule has 0 aliphatic heterocycles. The lowest BCUT2D eigenvalue weighted by atomic mass is 10.1. The lowest BCUT2D eigenvalue weighted by Crippen LogP contribution is -2.27. The fraction of sp³-hybridized carbons (Fsp3) is 0.261. The number of aryl methyl sites for hydroxylation is 3. The first-order valence-corrected chi connectivity index (χ1v) is 9.56. The van der Waals surface area contributed by atoms with Crippen molar-refractivity contribution >= 4 is 17.4 Å². The number of hydrogen-bond acceptors (Lipinski definition) is 5. The Morgan fingerprint density at radius 3 is 2.59 bits per heavy atom. The van der Waals surface area contributed by atoms with Crippen molar-refractivity contribution in [1.29, 1.82) is 0 Å². The molecule has 0 atom stereocenters. The second-order valence-corrected chi connectivity index (χ2v) is 6.95. The molecule has 3 rings (SSSR count). The molecule has 0 fully saturated rings. The number of ether oxygens (including phenoxy) is 1. The number of nitrogens with one attached hydrogen (secondary N) is 2. The highest BCUT2D eigenvalue weighted by atomic mass is 16.5. The molecule has 0 aliphatic carbocycles. The third kappa shape index (κ3) is 5.31. The van der Waals surface area contributed by atoms with Crippen molar-refractivity contribution in [1.82, 2.24) is 15.3 Å². The monoisotopic (exact) mass is 390 g/mol. The molecule has 0 spiro atoms. The molecule has 0 aliphatic rings. The minimum atomic E-state index is -0.228. The van der Waals surface area contributed by atoms with Crippen molar-refractivity contribution < 1.29 is 9.53 Å². The van der Waals surface area contributed by atoms with E-state index < -0.39 is 0 Å². The summed E-state index contributed by atoms with van der Waals surface area (Å²) in [7, 11) is 1.64. The first kappa shape index (κ1) is 20.3. The van der Waals surface area contributed by atoms with Gasteiger partial charge in [-0.25, -0.2) is 9.97 Å². The number of methoxy groups -OCH3 is 1. The smallest absolute Gasteiger partial charge is 0.270 e. The Morgan fingerprint density at radius 2 is 1.83 bits per heavy atom. The summed E-state index contributed by atoms with van der Waals surface area (Å²) < 4.78 is 5.35. The molecule has 1 heterocycles. The van der Waals surface area contributed by atoms with E-state index in [9.17, 15) is 4.79 Å². The molecule has 2 aromatic carbocycles. The van der Waals surface area contributed by atoms with E-state index in [4.69, 9.17) is 4.74 Å². The van der Waals surface area contributed by atoms with E-state index in [-0.39, 0.29) is 5.91 Å². The Labute approximate surface area is 171 Å². The predicted octanol–water partition coefficient (Wildman–Crippen LogP) is 4.13. The molecule has 3 aromatic rings. The Balaban J connectivity index is 1.67. The number of benzene rings is 2. The van der Waals surface area contributed by atoms with Crippen LogP contribution in [-0.4, -0.2) is 29.5 Å². The quantitative estimate of drug-likeness (QED) is 0.634. The normalized spacial score (nSPS) is 10.5. The zero-order chi connectivity index (χ0) is 20.8. The van der Waals surface area contributed by atoms with Gasteiger partial charge >= 0.3 is 0 Å². The molecule has 150 valence electrons. The SMILES string of the molecule is COc1ccccc1CCNC(=O)c1cc(Nc2ccc(C)cc2C)nc(C)n1. The van der Waals surface area contributed by atoms with E-state index >= 15 is 0 Å². The Bertz CT molecular complexity index is 1020. The maximum atomic E-state index is 12.6. The van der Waals surface area contributed by atoms with Crippen LogP contribution in [0.5, 0.6) is 5.75 Å². The number of anilines is 2. The average molecular weight is 390 g/mol. The van der Waals surface area contributed by atoms with Crippen molar-refractivity contribution in [2.75, 3.05) is 19.0 Å². The summed E-state index contributed by atoms with van der Waals surface area (Å²) >= 11 is 0. The van der Waals surface area contributed by atoms with Crippen LogP contribution in [0.2, 0.25) is 0 Å². The highest BCUT2D eigenvalue weighted by molar-refractivity contribution is 5.93. The van der Waals surface area contributed by atoms with E-state index in [2.05, 4.69) is 33.6 Å². The Morgan fingerprint density at radius 1 is 1.03 bits per heavy atom. The van der Waals surface area contributed by atoms with E-state index in [1.807, 2.05) is 43.3 Å². The summed E-state index contributed by atoms with van der Waals surface area (Å²) in [5, 5.41) is 6.21. The minimum absolute atomic E-state index is 0.228. The molecule has 2 N–H and O–H groups in total. The predicted molar refractivity (Wildman–Crippen MR) is 115 cm³/mol. The Hall–Kier alpha value is -3.41. The standard InChI is InChI=1S/C23H26N4O2/c1-15-9-10-19(16(2)13-15)27-22-14-20(25-17(3)26-22)23(28)24-12-11-18-7-5-6-8-21(18)29-4/h5-10,13-14H,11-12H2,1-4H3,(H,24,28)(H,25,26,27). The summed E-state index contributed by atoms with van der Waals surface area (Å²) in [5.74, 6) is 1.72. The fourth-order valence-corrected chi connectivity index (χ4v) is 3.15. The number of rotatable bonds is 7. The summed E-state index contributed by atoms with van der Waals surface area (Å²) in [6, 6.07) is 15.6. The Kier molecular flexibility index (Phi) is 6.44. The number of hydrogen-bond donors (Lipinski definition) is 2. The molecule has 0 saturated carbocycles. The second kappa shape index (κ2) is 9.19. The molecular weight excluding hydrogens is 364 g/mol. The van der Waals surface area contributed by atoms with E-state index in [1.165, 1.54) is 5.56 Å². The van der Waals surface area contributed by atoms with E-state index in [0.717, 1.165) is 22.6 Å². The van der Waals surface area contributed by atoms with Gasteiger partial charge < -0.3 is 15.4 Å². The van der Waals surface area contributed by atoms with Crippen molar-refractivity contribution in [2.24, 2.45) is 0 Å². The summed E-state index contributed by atoms with van der Waals surface area (Å²) in [6.07, 6.45) is 0.674. The second-order valence-electron chi connectivity index (χ2n) is 6.95. The van der Waals surface area contributed by atoms with Crippen LogP contribution in [0.3, 0.4) is 0 Å². The summed E-state index contributed by atoms with van der Waals surface area (Å²) in [5.41, 5.74) is 4.65. The van der Waals surface area contributed by atoms with Gasteiger partial charge in [-0.2, -0.15) is 0 Å². The van der Waals surface area contributed by atoms with Crippen molar-refractivity contribution in [3.63, 3.8) is 0 Å². The van der Waals surface area contributed by atoms with Gasteiger partial charge in [0.05, 0.1) is 7.11 Å². The number of amides is 1. The van der Waals surface area contributed by atoms with E-state index in [0.29, 0.717) is 30.3 Å². The maximum Gasteiger partial charge on any atom is 0.270 e. The molecule has 0 radical (unpaired) electrons. The largest absolute Gasteiger partial charge is 0.496 e. The van der Waals surface area contributed by atoms with Gasteiger partial charge in [0.15, 0.2) is 0 Å². The number of carbonyl (C=O) groups excluding carboxylic acids is 1. The molecule has 0 saturated heterocycles. The summed E-state index contributed by atoms with van der Waals surface area (Å²) in [6.45, 7) is 6.36. The van der Waals surface area contributed by atoms with Crippen molar-refractivity contribution in [3.05, 3.63) is 76.7 Å². The zero-order valence-electron chi connectivity index (χ0n) is 17.2. The molecule has 1 amide bonds. The number of carbonyl (C=O) groups is 1. The highest BCUT2D eigenvalue weighted by Gasteiger charge is 2.11. The van der Waals surface area contributed by atoms with Crippen LogP contribution < -0.4 is 15.4 Å². The van der Waals surface area contributed by atoms with Gasteiger partial charge in [-0.1, -0.05) is 35.9 Å². The highest BCUT2D eigenvalue weighted by Crippen LogP contribution is 2.21. The van der Waals surface area contributed by atoms with Crippen LogP contribution in [0.15, 0.2) is 48.5 Å². The molecular formula is C23H26N4O2. The van der Waals surface area contributed by atoms with Gasteiger partial charge in [-0.15, -0.1) is 0 Å². The van der Waals surface area contributed by atoms with Crippen LogP contribution in [0.4, 0.5) is 11.5 Å². The molecule has 1 aromatic heterocycles. The first-order valence-electron chi connectivity index (χ1n) is 9.56. The van der Waals surface area contributed by atoms with Crippen molar-refractivity contribution in [2.45, 2.75) is 27.2 Å². The number of para-hydroxylation sites is 1. The molecule has 0 bridgehead atoms. The van der Waals surface area contributed by atoms with Gasteiger partial charge in [-0.05, 0) is 50.5 Å². The molecule has 0 unspecified atom stereocenters. The molecule has 6 nitrogen and oxygen atoms in total. The van der Waals surface area contributed by atoms with Gasteiger partial charge in [0.1, 0.15) is 23.1 Å². The van der Waals surface area contributed by atoms with E-state index in [1.54, 1.807) is 20.1 Å². The van der Waals surface area contributed by atoms with Crippen molar-refractivity contribution in [3.8, 4) is 5.75 Å². The van der Waals surface area contributed by atoms with Crippen LogP contribution in [0, 0.1) is 20.8 Å². The van der Waals surface area contributed by atoms with Gasteiger partial charge in [0.2, 0.25) is 0 Å². The number of aromatic nitrogens is 2. The van der Waals surface area contributed by atoms with Gasteiger partial charge in [0, 0.05) is 18.3 Å². The topological polar surface area (TPSA) is 76.1 Å². The number of nitrogens with zero attached hydrogens (tertiary/aromatic N) is 2. The van der Waals surface area contributed by atoms with Crippen LogP contribution in [0.25, 0.3) is 0 Å². The van der Waals surface area contributed by atoms with Gasteiger partial charge in [-0.3, -0.25) is 4.79 Å². The van der Waals surface area contributed by atoms with Gasteiger partial charge in [0.25, 0.3) is 5.91 Å². The van der Waals surface area contributed by atoms with Crippen LogP contribution >= 0.6 is 0 Å². The van der Waals surface area contributed by atoms with Crippen LogP contribution in [0.1, 0.15) is 33.0 Å². The minimum Gasteiger partial charge on any atom is -0.496 e. The maximum absolute atomic E-state index is 12.6.